The predicted octanol–water partition coefficient (Wildman–Crippen LogP) is 0.344. The van der Waals surface area contributed by atoms with Gasteiger partial charge >= 0.3 is 0 Å². The summed E-state index contributed by atoms with van der Waals surface area (Å²) in [5, 5.41) is 12.3. The molecule has 90 valence electrons. The second-order valence-electron chi connectivity index (χ2n) is 3.96. The summed E-state index contributed by atoms with van der Waals surface area (Å²) in [7, 11) is 0. The van der Waals surface area contributed by atoms with Crippen LogP contribution in [0.25, 0.3) is 0 Å². The number of amides is 1. The van der Waals surface area contributed by atoms with E-state index in [1.807, 2.05) is 13.2 Å². The number of aliphatic hydroxyl groups is 1. The highest BCUT2D eigenvalue weighted by Crippen LogP contribution is 2.06. The lowest BCUT2D eigenvalue weighted by Crippen LogP contribution is -2.47. The molecule has 0 saturated carbocycles. The zero-order chi connectivity index (χ0) is 11.9. The summed E-state index contributed by atoms with van der Waals surface area (Å²) in [4.78, 5) is 11.5. The highest BCUT2D eigenvalue weighted by atomic mass is 32.2. The van der Waals surface area contributed by atoms with Crippen molar-refractivity contribution in [3.05, 3.63) is 0 Å². The van der Waals surface area contributed by atoms with Crippen LogP contribution in [0.2, 0.25) is 0 Å². The van der Waals surface area contributed by atoms with Gasteiger partial charge in [-0.05, 0) is 31.8 Å². The van der Waals surface area contributed by atoms with Gasteiger partial charge in [0.15, 0.2) is 0 Å². The maximum Gasteiger partial charge on any atom is 0.237 e. The van der Waals surface area contributed by atoms with Crippen LogP contribution in [0, 0.1) is 0 Å². The van der Waals surface area contributed by atoms with E-state index in [1.54, 1.807) is 18.7 Å². The molecule has 0 radical (unpaired) electrons. The normalized spacial score (nSPS) is 16.9. The quantitative estimate of drug-likeness (QED) is 0.594. The predicted molar refractivity (Wildman–Crippen MR) is 64.9 cm³/mol. The minimum Gasteiger partial charge on any atom is -0.388 e. The average molecular weight is 234 g/mol. The van der Waals surface area contributed by atoms with Gasteiger partial charge in [-0.3, -0.25) is 4.79 Å². The first-order valence-corrected chi connectivity index (χ1v) is 6.57. The summed E-state index contributed by atoms with van der Waals surface area (Å²) >= 11 is 1.67. The van der Waals surface area contributed by atoms with Crippen LogP contribution >= 0.6 is 11.8 Å². The standard InChI is InChI=1S/C10H22N2O2S/c1-4-10(2,14)7-12-9(13)8(11)5-6-15-3/h8,14H,4-7,11H2,1-3H3,(H,12,13)/t8-,10?/m0/s1. The van der Waals surface area contributed by atoms with Gasteiger partial charge in [0.25, 0.3) is 0 Å². The van der Waals surface area contributed by atoms with Gasteiger partial charge in [-0.25, -0.2) is 0 Å². The SMILES string of the molecule is CCC(C)(O)CNC(=O)[C@@H](N)CCSC. The number of nitrogens with two attached hydrogens (primary N) is 1. The van der Waals surface area contributed by atoms with Crippen molar-refractivity contribution in [2.75, 3.05) is 18.6 Å². The number of thioether (sulfide) groups is 1. The third-order valence-corrected chi connectivity index (χ3v) is 3.02. The van der Waals surface area contributed by atoms with Gasteiger partial charge in [0.1, 0.15) is 0 Å². The van der Waals surface area contributed by atoms with E-state index in [4.69, 9.17) is 5.73 Å². The van der Waals surface area contributed by atoms with Gasteiger partial charge in [0.05, 0.1) is 11.6 Å². The number of rotatable bonds is 7. The Morgan fingerprint density at radius 2 is 2.27 bits per heavy atom. The molecule has 0 aromatic carbocycles. The van der Waals surface area contributed by atoms with Crippen LogP contribution in [-0.2, 0) is 4.79 Å². The maximum atomic E-state index is 11.5. The Bertz CT molecular complexity index is 198. The van der Waals surface area contributed by atoms with Crippen molar-refractivity contribution in [2.45, 2.75) is 38.3 Å². The highest BCUT2D eigenvalue weighted by molar-refractivity contribution is 7.98. The molecule has 0 aromatic heterocycles. The van der Waals surface area contributed by atoms with Crippen molar-refractivity contribution in [1.82, 2.24) is 5.32 Å². The fraction of sp³-hybridized carbons (Fsp3) is 0.900. The molecule has 2 atom stereocenters. The molecule has 5 heteroatoms. The molecule has 0 rings (SSSR count). The maximum absolute atomic E-state index is 11.5. The fourth-order valence-electron chi connectivity index (χ4n) is 0.910. The Morgan fingerprint density at radius 3 is 2.73 bits per heavy atom. The first-order valence-electron chi connectivity index (χ1n) is 5.17. The lowest BCUT2D eigenvalue weighted by atomic mass is 10.0. The first kappa shape index (κ1) is 14.7. The van der Waals surface area contributed by atoms with E-state index in [0.29, 0.717) is 12.8 Å². The Labute approximate surface area is 96.0 Å². The third kappa shape index (κ3) is 6.76. The van der Waals surface area contributed by atoms with Crippen molar-refractivity contribution < 1.29 is 9.90 Å². The van der Waals surface area contributed by atoms with E-state index in [0.717, 1.165) is 5.75 Å². The topological polar surface area (TPSA) is 75.3 Å². The second kappa shape index (κ2) is 7.09. The van der Waals surface area contributed by atoms with Gasteiger partial charge in [-0.15, -0.1) is 0 Å². The van der Waals surface area contributed by atoms with Crippen LogP contribution in [0.1, 0.15) is 26.7 Å². The summed E-state index contributed by atoms with van der Waals surface area (Å²) in [6.07, 6.45) is 3.25. The Kier molecular flexibility index (Phi) is 6.96. The molecule has 0 fully saturated rings. The third-order valence-electron chi connectivity index (χ3n) is 2.37. The smallest absolute Gasteiger partial charge is 0.237 e. The van der Waals surface area contributed by atoms with Gasteiger partial charge in [0.2, 0.25) is 5.91 Å². The lowest BCUT2D eigenvalue weighted by molar-refractivity contribution is -0.123. The van der Waals surface area contributed by atoms with Crippen molar-refractivity contribution in [3.63, 3.8) is 0 Å². The molecule has 0 saturated heterocycles. The average Bonchev–Trinajstić information content (AvgIpc) is 2.22. The molecule has 0 bridgehead atoms. The molecule has 0 aliphatic rings. The van der Waals surface area contributed by atoms with E-state index in [1.165, 1.54) is 0 Å². The monoisotopic (exact) mass is 234 g/mol. The van der Waals surface area contributed by atoms with Crippen LogP contribution in [0.15, 0.2) is 0 Å². The molecule has 4 nitrogen and oxygen atoms in total. The number of nitrogens with one attached hydrogen (secondary N) is 1. The van der Waals surface area contributed by atoms with E-state index >= 15 is 0 Å². The zero-order valence-electron chi connectivity index (χ0n) is 9.75. The largest absolute Gasteiger partial charge is 0.388 e. The van der Waals surface area contributed by atoms with Gasteiger partial charge in [0, 0.05) is 6.54 Å². The number of carbonyl (C=O) groups is 1. The van der Waals surface area contributed by atoms with Gasteiger partial charge < -0.3 is 16.2 Å². The Hall–Kier alpha value is -0.260. The van der Waals surface area contributed by atoms with Crippen LogP contribution in [-0.4, -0.2) is 41.2 Å². The molecule has 0 aromatic rings. The molecule has 0 heterocycles. The van der Waals surface area contributed by atoms with Crippen LogP contribution < -0.4 is 11.1 Å². The fourth-order valence-corrected chi connectivity index (χ4v) is 1.40. The van der Waals surface area contributed by atoms with E-state index in [9.17, 15) is 9.90 Å². The van der Waals surface area contributed by atoms with E-state index in [-0.39, 0.29) is 12.5 Å². The molecule has 15 heavy (non-hydrogen) atoms. The summed E-state index contributed by atoms with van der Waals surface area (Å²) in [5.41, 5.74) is 4.83. The number of hydrogen-bond donors (Lipinski definition) is 3. The van der Waals surface area contributed by atoms with Gasteiger partial charge in [-0.1, -0.05) is 6.92 Å². The Balaban J connectivity index is 3.82. The minimum absolute atomic E-state index is 0.183. The molecule has 1 amide bonds. The molecule has 1 unspecified atom stereocenters. The van der Waals surface area contributed by atoms with Crippen LogP contribution in [0.4, 0.5) is 0 Å². The molecule has 0 aliphatic heterocycles. The van der Waals surface area contributed by atoms with Crippen molar-refractivity contribution in [1.29, 1.82) is 0 Å². The molecule has 4 N–H and O–H groups in total. The summed E-state index contributed by atoms with van der Waals surface area (Å²) in [6, 6.07) is -0.467. The van der Waals surface area contributed by atoms with Crippen LogP contribution in [0.3, 0.4) is 0 Å². The Morgan fingerprint density at radius 1 is 1.67 bits per heavy atom. The van der Waals surface area contributed by atoms with Crippen LogP contribution in [0.5, 0.6) is 0 Å². The zero-order valence-corrected chi connectivity index (χ0v) is 10.6. The van der Waals surface area contributed by atoms with Crippen molar-refractivity contribution in [3.8, 4) is 0 Å². The number of carbonyl (C=O) groups excluding carboxylic acids is 1. The molecular formula is C10H22N2O2S. The summed E-state index contributed by atoms with van der Waals surface area (Å²) in [5.74, 6) is 0.691. The summed E-state index contributed by atoms with van der Waals surface area (Å²) < 4.78 is 0. The molecule has 0 aliphatic carbocycles. The molecular weight excluding hydrogens is 212 g/mol. The highest BCUT2D eigenvalue weighted by Gasteiger charge is 2.20. The number of hydrogen-bond acceptors (Lipinski definition) is 4. The van der Waals surface area contributed by atoms with Crippen molar-refractivity contribution >= 4 is 17.7 Å². The van der Waals surface area contributed by atoms with Gasteiger partial charge in [-0.2, -0.15) is 11.8 Å². The van der Waals surface area contributed by atoms with Crippen molar-refractivity contribution in [2.24, 2.45) is 5.73 Å². The van der Waals surface area contributed by atoms with E-state index in [2.05, 4.69) is 5.32 Å². The van der Waals surface area contributed by atoms with E-state index < -0.39 is 11.6 Å². The lowest BCUT2D eigenvalue weighted by Gasteiger charge is -2.22. The summed E-state index contributed by atoms with van der Waals surface area (Å²) in [6.45, 7) is 3.83. The first-order chi connectivity index (χ1) is 6.93. The second-order valence-corrected chi connectivity index (χ2v) is 4.94. The molecule has 0 spiro atoms. The minimum atomic E-state index is -0.838.